The number of hydrogen-bond donors (Lipinski definition) is 4. The van der Waals surface area contributed by atoms with E-state index in [1.165, 1.54) is 13.8 Å². The van der Waals surface area contributed by atoms with Crippen molar-refractivity contribution in [1.29, 1.82) is 0 Å². The molecule has 0 saturated carbocycles. The maximum absolute atomic E-state index is 10.5. The summed E-state index contributed by atoms with van der Waals surface area (Å²) < 4.78 is 4.32. The van der Waals surface area contributed by atoms with E-state index in [1.54, 1.807) is 0 Å². The van der Waals surface area contributed by atoms with Crippen LogP contribution in [0.1, 0.15) is 26.7 Å². The number of carboxylic acids is 2. The number of cyclic esters (lactones) is 1. The van der Waals surface area contributed by atoms with E-state index < -0.39 is 48.2 Å². The summed E-state index contributed by atoms with van der Waals surface area (Å²) in [5.74, 6) is -4.77. The molecule has 128 valence electrons. The van der Waals surface area contributed by atoms with Gasteiger partial charge in [-0.05, 0) is 12.8 Å². The molecular formula is C12H18CaO10. The predicted octanol–water partition coefficient (Wildman–Crippen LogP) is -3.50. The van der Waals surface area contributed by atoms with Crippen molar-refractivity contribution < 1.29 is 49.8 Å². The molecule has 0 aromatic rings. The molecule has 0 radical (unpaired) electrons. The van der Waals surface area contributed by atoms with Crippen LogP contribution in [-0.4, -0.2) is 94.9 Å². The Balaban J connectivity index is -0.000000307. The molecule has 0 spiro atoms. The number of aliphatic hydroxyl groups excluding tert-OH is 4. The second-order valence-electron chi connectivity index (χ2n) is 3.76. The number of ether oxygens (including phenoxy) is 1. The van der Waals surface area contributed by atoms with E-state index >= 15 is 0 Å². The maximum atomic E-state index is 10.5. The van der Waals surface area contributed by atoms with Gasteiger partial charge in [-0.15, -0.1) is 0 Å². The van der Waals surface area contributed by atoms with Crippen LogP contribution in [0.15, 0.2) is 11.5 Å². The second kappa shape index (κ2) is 14.5. The van der Waals surface area contributed by atoms with Crippen LogP contribution in [-0.2, 0) is 19.1 Å². The average Bonchev–Trinajstić information content (AvgIpc) is 2.75. The van der Waals surface area contributed by atoms with Gasteiger partial charge in [-0.25, -0.2) is 4.79 Å². The van der Waals surface area contributed by atoms with Gasteiger partial charge in [0.1, 0.15) is 6.10 Å². The normalized spacial score (nSPS) is 16.7. The number of carbonyl (C=O) groups excluding carboxylic acids is 3. The number of carboxylic acid groups (broad SMARTS) is 2. The number of carbonyl (C=O) groups is 3. The first-order chi connectivity index (χ1) is 10.1. The fraction of sp³-hybridized carbons (Fsp3) is 0.583. The summed E-state index contributed by atoms with van der Waals surface area (Å²) in [7, 11) is 0. The van der Waals surface area contributed by atoms with Crippen LogP contribution in [0.5, 0.6) is 0 Å². The summed E-state index contributed by atoms with van der Waals surface area (Å²) in [6, 6.07) is 0. The minimum atomic E-state index is -1.42. The number of esters is 1. The zero-order valence-electron chi connectivity index (χ0n) is 12.7. The molecule has 0 fully saturated rings. The number of aliphatic carboxylic acids is 2. The van der Waals surface area contributed by atoms with Gasteiger partial charge in [0, 0.05) is 11.9 Å². The molecule has 0 aromatic carbocycles. The van der Waals surface area contributed by atoms with Crippen molar-refractivity contribution in [3.05, 3.63) is 11.5 Å². The van der Waals surface area contributed by atoms with Gasteiger partial charge in [0.15, 0.2) is 11.9 Å². The SMILES string of the molecule is CCC(=O)[O-].CCC(=O)[O-].O=C1O[C@H](C(O)CO)C(O)=C1O.[Ca+2]. The Hall–Kier alpha value is -1.07. The molecule has 0 bridgehead atoms. The smallest absolute Gasteiger partial charge is 0.550 e. The quantitative estimate of drug-likeness (QED) is 0.288. The Kier molecular flexibility index (Phi) is 16.9. The van der Waals surface area contributed by atoms with Gasteiger partial charge in [-0.3, -0.25) is 0 Å². The van der Waals surface area contributed by atoms with E-state index in [0.717, 1.165) is 0 Å². The van der Waals surface area contributed by atoms with Crippen LogP contribution in [0, 0.1) is 0 Å². The molecule has 0 saturated heterocycles. The van der Waals surface area contributed by atoms with E-state index in [9.17, 15) is 24.6 Å². The van der Waals surface area contributed by atoms with E-state index in [4.69, 9.17) is 20.4 Å². The van der Waals surface area contributed by atoms with Gasteiger partial charge in [-0.2, -0.15) is 0 Å². The van der Waals surface area contributed by atoms with E-state index in [2.05, 4.69) is 4.74 Å². The first-order valence-corrected chi connectivity index (χ1v) is 6.13. The van der Waals surface area contributed by atoms with Crippen molar-refractivity contribution in [3.63, 3.8) is 0 Å². The molecule has 1 aliphatic rings. The van der Waals surface area contributed by atoms with E-state index in [-0.39, 0.29) is 50.6 Å². The summed E-state index contributed by atoms with van der Waals surface area (Å²) >= 11 is 0. The van der Waals surface area contributed by atoms with Gasteiger partial charge in [-0.1, -0.05) is 13.8 Å². The third kappa shape index (κ3) is 12.1. The van der Waals surface area contributed by atoms with Crippen LogP contribution in [0.4, 0.5) is 0 Å². The molecule has 23 heavy (non-hydrogen) atoms. The molecule has 11 heteroatoms. The van der Waals surface area contributed by atoms with Crippen molar-refractivity contribution in [2.24, 2.45) is 0 Å². The van der Waals surface area contributed by atoms with Crippen LogP contribution in [0.2, 0.25) is 0 Å². The van der Waals surface area contributed by atoms with Gasteiger partial charge in [0.25, 0.3) is 0 Å². The molecule has 1 heterocycles. The summed E-state index contributed by atoms with van der Waals surface area (Å²) in [5.41, 5.74) is 0. The van der Waals surface area contributed by atoms with Crippen molar-refractivity contribution in [2.45, 2.75) is 38.9 Å². The zero-order valence-corrected chi connectivity index (χ0v) is 14.9. The first kappa shape index (κ1) is 26.8. The summed E-state index contributed by atoms with van der Waals surface area (Å²) in [6.07, 6.45) is -2.55. The first-order valence-electron chi connectivity index (χ1n) is 6.13. The number of hydrogen-bond acceptors (Lipinski definition) is 10. The van der Waals surface area contributed by atoms with Gasteiger partial charge >= 0.3 is 43.7 Å². The summed E-state index contributed by atoms with van der Waals surface area (Å²) in [4.78, 5) is 29.0. The van der Waals surface area contributed by atoms with E-state index in [1.807, 2.05) is 0 Å². The fourth-order valence-electron chi connectivity index (χ4n) is 0.823. The van der Waals surface area contributed by atoms with E-state index in [0.29, 0.717) is 0 Å². The van der Waals surface area contributed by atoms with Gasteiger partial charge < -0.3 is 45.0 Å². The molecule has 2 atom stereocenters. The molecular weight excluding hydrogens is 344 g/mol. The molecule has 1 rings (SSSR count). The fourth-order valence-corrected chi connectivity index (χ4v) is 0.823. The van der Waals surface area contributed by atoms with Crippen LogP contribution in [0.25, 0.3) is 0 Å². The van der Waals surface area contributed by atoms with Crippen LogP contribution in [0.3, 0.4) is 0 Å². The Bertz CT molecular complexity index is 406. The van der Waals surface area contributed by atoms with Crippen molar-refractivity contribution in [1.82, 2.24) is 0 Å². The summed E-state index contributed by atoms with van der Waals surface area (Å²) in [6.45, 7) is 2.40. The molecule has 1 aliphatic heterocycles. The van der Waals surface area contributed by atoms with Gasteiger partial charge in [0.2, 0.25) is 5.76 Å². The molecule has 0 amide bonds. The largest absolute Gasteiger partial charge is 2.00 e. The van der Waals surface area contributed by atoms with Crippen molar-refractivity contribution >= 4 is 55.6 Å². The summed E-state index contributed by atoms with van der Waals surface area (Å²) in [5, 5.41) is 53.6. The zero-order chi connectivity index (χ0) is 17.9. The molecule has 1 unspecified atom stereocenters. The standard InChI is InChI=1S/C6H8O6.2C3H6O2.Ca/c7-1-2(8)5-3(9)4(10)6(11)12-5;2*1-2-3(4)5;/h2,5,7-10H,1H2;2*2H2,1H3,(H,4,5);/q;;;+2/p-2/t2?,5-;;;/m1.../s1. The van der Waals surface area contributed by atoms with Crippen LogP contribution >= 0.6 is 0 Å². The Labute approximate surface area is 162 Å². The Morgan fingerprint density at radius 1 is 1.17 bits per heavy atom. The average molecular weight is 362 g/mol. The minimum Gasteiger partial charge on any atom is -0.550 e. The van der Waals surface area contributed by atoms with Crippen molar-refractivity contribution in [2.75, 3.05) is 6.61 Å². The van der Waals surface area contributed by atoms with Gasteiger partial charge in [0.05, 0.1) is 6.61 Å². The molecule has 4 N–H and O–H groups in total. The monoisotopic (exact) mass is 362 g/mol. The molecule has 0 aromatic heterocycles. The molecule has 0 aliphatic carbocycles. The third-order valence-electron chi connectivity index (χ3n) is 2.05. The Morgan fingerprint density at radius 3 is 1.70 bits per heavy atom. The second-order valence-corrected chi connectivity index (χ2v) is 3.76. The maximum Gasteiger partial charge on any atom is 2.00 e. The number of aliphatic hydroxyl groups is 4. The van der Waals surface area contributed by atoms with Crippen molar-refractivity contribution in [3.8, 4) is 0 Å². The number of rotatable bonds is 4. The topological polar surface area (TPSA) is 187 Å². The third-order valence-corrected chi connectivity index (χ3v) is 2.05. The predicted molar refractivity (Wildman–Crippen MR) is 71.6 cm³/mol. The Morgan fingerprint density at radius 2 is 1.52 bits per heavy atom. The van der Waals surface area contributed by atoms with Crippen LogP contribution < -0.4 is 10.2 Å². The molecule has 10 nitrogen and oxygen atoms in total. The minimum absolute atomic E-state index is 0.